The van der Waals surface area contributed by atoms with Crippen LogP contribution in [0.25, 0.3) is 11.2 Å². The molecule has 0 aliphatic heterocycles. The standard InChI is InChI=1S/C22H48N.C8H8N4O4/c1-5-7-9-11-13-15-17-19-21-23(3,4)22-20-18-16-14-12-10-8-6-2;1-10-3-9-5-4(10)6(13)12(8(15)16)7(14)11(5)2/h5-22H2,1-4H3;3H,1-2H3,(H,15,16)/q+1;/p-1. The van der Waals surface area contributed by atoms with Crippen LogP contribution in [0.1, 0.15) is 117 Å². The summed E-state index contributed by atoms with van der Waals surface area (Å²) in [5, 5.41) is 10.7. The Labute approximate surface area is 235 Å². The number of carbonyl (C=O) groups excluding carboxylic acids is 1. The summed E-state index contributed by atoms with van der Waals surface area (Å²) < 4.78 is 3.61. The van der Waals surface area contributed by atoms with Crippen molar-refractivity contribution in [2.45, 2.75) is 117 Å². The topological polar surface area (TPSA) is 102 Å². The van der Waals surface area contributed by atoms with Gasteiger partial charge in [-0.2, -0.15) is 0 Å². The molecule has 0 aromatic carbocycles. The molecule has 9 heteroatoms. The van der Waals surface area contributed by atoms with E-state index in [1.54, 1.807) is 0 Å². The molecule has 2 aromatic heterocycles. The lowest BCUT2D eigenvalue weighted by molar-refractivity contribution is -0.890. The van der Waals surface area contributed by atoms with Crippen molar-refractivity contribution in [1.82, 2.24) is 18.7 Å². The number of aromatic nitrogens is 4. The van der Waals surface area contributed by atoms with Crippen molar-refractivity contribution in [2.75, 3.05) is 27.2 Å². The molecule has 0 saturated carbocycles. The maximum absolute atomic E-state index is 11.7. The number of hydrogen-bond acceptors (Lipinski definition) is 5. The molecule has 2 heterocycles. The highest BCUT2D eigenvalue weighted by Crippen LogP contribution is 2.13. The summed E-state index contributed by atoms with van der Waals surface area (Å²) in [4.78, 5) is 37.7. The van der Waals surface area contributed by atoms with Crippen molar-refractivity contribution in [3.05, 3.63) is 27.2 Å². The Bertz CT molecular complexity index is 1060. The minimum Gasteiger partial charge on any atom is -0.529 e. The van der Waals surface area contributed by atoms with E-state index in [9.17, 15) is 19.5 Å². The van der Waals surface area contributed by atoms with Gasteiger partial charge in [-0.3, -0.25) is 9.36 Å². The zero-order chi connectivity index (χ0) is 29.3. The summed E-state index contributed by atoms with van der Waals surface area (Å²) in [7, 11) is 7.72. The largest absolute Gasteiger partial charge is 0.529 e. The van der Waals surface area contributed by atoms with Crippen LogP contribution in [-0.2, 0) is 14.1 Å². The second kappa shape index (κ2) is 18.8. The first-order valence-electron chi connectivity index (χ1n) is 15.2. The second-order valence-electron chi connectivity index (χ2n) is 11.6. The van der Waals surface area contributed by atoms with E-state index in [1.165, 1.54) is 145 Å². The molecule has 0 fully saturated rings. The van der Waals surface area contributed by atoms with Gasteiger partial charge in [0.05, 0.1) is 33.5 Å². The zero-order valence-electron chi connectivity index (χ0n) is 25.7. The predicted molar refractivity (Wildman–Crippen MR) is 158 cm³/mol. The van der Waals surface area contributed by atoms with E-state index >= 15 is 0 Å². The first-order valence-corrected chi connectivity index (χ1v) is 15.2. The molecular weight excluding hydrogens is 494 g/mol. The summed E-state index contributed by atoms with van der Waals surface area (Å²) in [5.74, 6) is 0. The van der Waals surface area contributed by atoms with Gasteiger partial charge in [0.15, 0.2) is 17.3 Å². The molecule has 2 rings (SSSR count). The highest BCUT2D eigenvalue weighted by atomic mass is 16.4. The third kappa shape index (κ3) is 12.5. The number of fused-ring (bicyclic) bond motifs is 1. The summed E-state index contributed by atoms with van der Waals surface area (Å²) in [5.41, 5.74) is -1.77. The van der Waals surface area contributed by atoms with Crippen molar-refractivity contribution >= 4 is 17.3 Å². The summed E-state index contributed by atoms with van der Waals surface area (Å²) in [6, 6.07) is 0. The van der Waals surface area contributed by atoms with Gasteiger partial charge in [0, 0.05) is 14.1 Å². The molecule has 0 spiro atoms. The lowest BCUT2D eigenvalue weighted by Gasteiger charge is -2.30. The smallest absolute Gasteiger partial charge is 0.338 e. The second-order valence-corrected chi connectivity index (χ2v) is 11.6. The molecule has 0 amide bonds. The van der Waals surface area contributed by atoms with Crippen LogP contribution in [0.5, 0.6) is 0 Å². The van der Waals surface area contributed by atoms with Gasteiger partial charge in [0.25, 0.3) is 5.56 Å². The first kappa shape index (κ1) is 34.6. The fourth-order valence-electron chi connectivity index (χ4n) is 4.96. The van der Waals surface area contributed by atoms with E-state index in [4.69, 9.17) is 0 Å². The first-order chi connectivity index (χ1) is 18.6. The van der Waals surface area contributed by atoms with E-state index < -0.39 is 17.3 Å². The normalized spacial score (nSPS) is 11.5. The van der Waals surface area contributed by atoms with Gasteiger partial charge in [0.1, 0.15) is 0 Å². The summed E-state index contributed by atoms with van der Waals surface area (Å²) in [6.07, 6.45) is 22.5. The van der Waals surface area contributed by atoms with Gasteiger partial charge in [-0.1, -0.05) is 90.9 Å². The van der Waals surface area contributed by atoms with Crippen molar-refractivity contribution in [2.24, 2.45) is 14.1 Å². The van der Waals surface area contributed by atoms with Gasteiger partial charge < -0.3 is 19.0 Å². The third-order valence-electron chi connectivity index (χ3n) is 7.54. The van der Waals surface area contributed by atoms with Crippen molar-refractivity contribution in [3.8, 4) is 0 Å². The Morgan fingerprint density at radius 2 is 1.18 bits per heavy atom. The molecule has 2 aromatic rings. The fraction of sp³-hybridized carbons (Fsp3) is 0.800. The van der Waals surface area contributed by atoms with Crippen molar-refractivity contribution in [3.63, 3.8) is 0 Å². The molecule has 0 aliphatic carbocycles. The Morgan fingerprint density at radius 3 is 1.59 bits per heavy atom. The third-order valence-corrected chi connectivity index (χ3v) is 7.54. The maximum Gasteiger partial charge on any atom is 0.338 e. The lowest BCUT2D eigenvalue weighted by Crippen LogP contribution is -2.48. The molecular formula is C30H55N5O4. The van der Waals surface area contributed by atoms with Crippen molar-refractivity contribution < 1.29 is 14.4 Å². The molecule has 224 valence electrons. The van der Waals surface area contributed by atoms with Crippen LogP contribution >= 0.6 is 0 Å². The van der Waals surface area contributed by atoms with Gasteiger partial charge in [-0.25, -0.2) is 14.3 Å². The molecule has 0 bridgehead atoms. The monoisotopic (exact) mass is 549 g/mol. The Balaban J connectivity index is 0.000000412. The number of carbonyl (C=O) groups is 1. The van der Waals surface area contributed by atoms with Crippen LogP contribution in [0.2, 0.25) is 0 Å². The molecule has 0 saturated heterocycles. The van der Waals surface area contributed by atoms with E-state index in [1.807, 2.05) is 0 Å². The predicted octanol–water partition coefficient (Wildman–Crippen LogP) is 4.97. The molecule has 0 N–H and O–H groups in total. The lowest BCUT2D eigenvalue weighted by atomic mass is 10.1. The van der Waals surface area contributed by atoms with Crippen LogP contribution in [0.3, 0.4) is 0 Å². The molecule has 9 nitrogen and oxygen atoms in total. The molecule has 0 atom stereocenters. The number of hydrogen-bond donors (Lipinski definition) is 0. The van der Waals surface area contributed by atoms with Gasteiger partial charge in [0.2, 0.25) is 0 Å². The Morgan fingerprint density at radius 1 is 0.769 bits per heavy atom. The zero-order valence-corrected chi connectivity index (χ0v) is 25.7. The van der Waals surface area contributed by atoms with Crippen molar-refractivity contribution in [1.29, 1.82) is 0 Å². The van der Waals surface area contributed by atoms with Gasteiger partial charge >= 0.3 is 5.69 Å². The quantitative estimate of drug-likeness (QED) is 0.193. The fourth-order valence-corrected chi connectivity index (χ4v) is 4.96. The average molecular weight is 550 g/mol. The van der Waals surface area contributed by atoms with E-state index in [-0.39, 0.29) is 15.7 Å². The Kier molecular flexibility index (Phi) is 16.7. The minimum absolute atomic E-state index is 0.0336. The number of imidazole rings is 1. The molecule has 0 unspecified atom stereocenters. The maximum atomic E-state index is 11.7. The van der Waals surface area contributed by atoms with Crippen LogP contribution in [-0.4, -0.2) is 56.4 Å². The molecule has 39 heavy (non-hydrogen) atoms. The van der Waals surface area contributed by atoms with Crippen LogP contribution in [0.4, 0.5) is 4.79 Å². The SMILES string of the molecule is CCCCCCCCCC[N+](C)(C)CCCCCCCCCC.Cn1cnc2c1c(=O)n(C(=O)[O-])c(=O)n2C. The molecule has 0 aliphatic rings. The average Bonchev–Trinajstić information content (AvgIpc) is 3.28. The van der Waals surface area contributed by atoms with Gasteiger partial charge in [-0.15, -0.1) is 0 Å². The van der Waals surface area contributed by atoms with Crippen LogP contribution in [0.15, 0.2) is 15.9 Å². The minimum atomic E-state index is -1.85. The number of carboxylic acid groups (broad SMARTS) is 1. The van der Waals surface area contributed by atoms with Crippen LogP contribution < -0.4 is 16.4 Å². The number of rotatable bonds is 18. The van der Waals surface area contributed by atoms with E-state index in [0.717, 1.165) is 4.57 Å². The number of unbranched alkanes of at least 4 members (excludes halogenated alkanes) is 14. The summed E-state index contributed by atoms with van der Waals surface area (Å²) >= 11 is 0. The number of aryl methyl sites for hydroxylation is 2. The highest BCUT2D eigenvalue weighted by molar-refractivity contribution is 5.74. The summed E-state index contributed by atoms with van der Waals surface area (Å²) in [6.45, 7) is 7.36. The molecule has 0 radical (unpaired) electrons. The highest BCUT2D eigenvalue weighted by Gasteiger charge is 2.15. The van der Waals surface area contributed by atoms with Crippen LogP contribution in [0, 0.1) is 0 Å². The Hall–Kier alpha value is -2.42. The van der Waals surface area contributed by atoms with E-state index in [2.05, 4.69) is 32.9 Å². The number of nitrogens with zero attached hydrogens (tertiary/aromatic N) is 5. The van der Waals surface area contributed by atoms with Gasteiger partial charge in [-0.05, 0) is 25.7 Å². The van der Waals surface area contributed by atoms with E-state index in [0.29, 0.717) is 0 Å². The number of quaternary nitrogens is 1.